The van der Waals surface area contributed by atoms with Crippen molar-refractivity contribution in [2.24, 2.45) is 5.92 Å². The predicted molar refractivity (Wildman–Crippen MR) is 128 cm³/mol. The first-order valence-electron chi connectivity index (χ1n) is 11.1. The maximum atomic E-state index is 12.3. The summed E-state index contributed by atoms with van der Waals surface area (Å²) in [5.74, 6) is 1.33. The zero-order valence-corrected chi connectivity index (χ0v) is 19.2. The monoisotopic (exact) mass is 437 g/mol. The number of carbonyl (C=O) groups excluding carboxylic acids is 1. The number of rotatable bonds is 8. The van der Waals surface area contributed by atoms with Gasteiger partial charge in [-0.15, -0.1) is 11.3 Å². The van der Waals surface area contributed by atoms with Gasteiger partial charge in [-0.25, -0.2) is 4.98 Å². The Morgan fingerprint density at radius 1 is 1.16 bits per heavy atom. The summed E-state index contributed by atoms with van der Waals surface area (Å²) in [7, 11) is 4.07. The molecule has 4 rings (SSSR count). The largest absolute Gasteiger partial charge is 0.483 e. The molecule has 1 aliphatic rings. The van der Waals surface area contributed by atoms with Crippen molar-refractivity contribution < 1.29 is 9.53 Å². The van der Waals surface area contributed by atoms with Crippen molar-refractivity contribution in [3.63, 3.8) is 0 Å². The second-order valence-corrected chi connectivity index (χ2v) is 9.67. The zero-order chi connectivity index (χ0) is 21.6. The lowest BCUT2D eigenvalue weighted by Crippen LogP contribution is -2.33. The first-order valence-corrected chi connectivity index (χ1v) is 11.9. The van der Waals surface area contributed by atoms with E-state index in [0.717, 1.165) is 40.5 Å². The lowest BCUT2D eigenvalue weighted by Gasteiger charge is -2.22. The van der Waals surface area contributed by atoms with Crippen molar-refractivity contribution in [1.29, 1.82) is 0 Å². The van der Waals surface area contributed by atoms with Crippen molar-refractivity contribution in [1.82, 2.24) is 15.2 Å². The molecule has 1 aliphatic carbocycles. The molecule has 1 amide bonds. The number of benzene rings is 2. The highest BCUT2D eigenvalue weighted by Crippen LogP contribution is 2.33. The number of thiazole rings is 1. The van der Waals surface area contributed by atoms with E-state index in [-0.39, 0.29) is 12.5 Å². The number of nitrogens with zero attached hydrogens (tertiary/aromatic N) is 2. The zero-order valence-electron chi connectivity index (χ0n) is 18.4. The van der Waals surface area contributed by atoms with Crippen LogP contribution in [0.4, 0.5) is 0 Å². The molecule has 1 fully saturated rings. The summed E-state index contributed by atoms with van der Waals surface area (Å²) in [4.78, 5) is 19.2. The molecule has 0 bridgehead atoms. The molecule has 0 spiro atoms. The van der Waals surface area contributed by atoms with Crippen LogP contribution in [-0.4, -0.2) is 43.0 Å². The van der Waals surface area contributed by atoms with Crippen LogP contribution in [0.3, 0.4) is 0 Å². The highest BCUT2D eigenvalue weighted by atomic mass is 32.1. The molecule has 0 unspecified atom stereocenters. The van der Waals surface area contributed by atoms with E-state index in [2.05, 4.69) is 22.3 Å². The highest BCUT2D eigenvalue weighted by molar-refractivity contribution is 7.21. The van der Waals surface area contributed by atoms with Crippen LogP contribution in [0, 0.1) is 5.92 Å². The van der Waals surface area contributed by atoms with E-state index >= 15 is 0 Å². The van der Waals surface area contributed by atoms with Gasteiger partial charge in [-0.3, -0.25) is 4.79 Å². The van der Waals surface area contributed by atoms with Crippen LogP contribution in [0.1, 0.15) is 37.7 Å². The molecule has 2 aromatic carbocycles. The molecule has 1 heterocycles. The Morgan fingerprint density at radius 3 is 2.74 bits per heavy atom. The van der Waals surface area contributed by atoms with Crippen molar-refractivity contribution in [2.45, 2.75) is 38.6 Å². The number of nitrogens with one attached hydrogen (secondary N) is 1. The van der Waals surface area contributed by atoms with E-state index in [4.69, 9.17) is 9.72 Å². The fraction of sp³-hybridized carbons (Fsp3) is 0.440. The number of amides is 1. The minimum Gasteiger partial charge on any atom is -0.483 e. The lowest BCUT2D eigenvalue weighted by atomic mass is 9.89. The van der Waals surface area contributed by atoms with Crippen LogP contribution >= 0.6 is 11.3 Å². The fourth-order valence-corrected chi connectivity index (χ4v) is 5.12. The molecule has 5 nitrogen and oxygen atoms in total. The van der Waals surface area contributed by atoms with Gasteiger partial charge >= 0.3 is 0 Å². The Hall–Kier alpha value is -2.44. The summed E-state index contributed by atoms with van der Waals surface area (Å²) in [6, 6.07) is 14.3. The molecular weight excluding hydrogens is 406 g/mol. The van der Waals surface area contributed by atoms with E-state index < -0.39 is 0 Å². The van der Waals surface area contributed by atoms with Crippen molar-refractivity contribution >= 4 is 27.5 Å². The number of fused-ring (bicyclic) bond motifs is 1. The molecule has 1 saturated carbocycles. The third kappa shape index (κ3) is 5.83. The topological polar surface area (TPSA) is 54.5 Å². The fourth-order valence-electron chi connectivity index (χ4n) is 4.16. The van der Waals surface area contributed by atoms with Gasteiger partial charge in [0.05, 0.1) is 10.2 Å². The maximum Gasteiger partial charge on any atom is 0.257 e. The van der Waals surface area contributed by atoms with Crippen molar-refractivity contribution in [2.75, 3.05) is 27.2 Å². The van der Waals surface area contributed by atoms with E-state index in [9.17, 15) is 4.79 Å². The van der Waals surface area contributed by atoms with Gasteiger partial charge in [-0.1, -0.05) is 31.4 Å². The van der Waals surface area contributed by atoms with Crippen LogP contribution in [0.2, 0.25) is 0 Å². The standard InChI is InChI=1S/C25H31N3O2S/c1-28(2)16-20-14-19(25-27-21-10-6-7-11-23(21)31-25)12-13-22(20)30-17-24(29)26-15-18-8-4-3-5-9-18/h6-7,10-14,18H,3-5,8-9,15-17H2,1-2H3,(H,26,29). The number of carbonyl (C=O) groups is 1. The molecular formula is C25H31N3O2S. The van der Waals surface area contributed by atoms with Gasteiger partial charge in [-0.05, 0) is 63.2 Å². The summed E-state index contributed by atoms with van der Waals surface area (Å²) in [6.07, 6.45) is 6.34. The Labute approximate surface area is 188 Å². The van der Waals surface area contributed by atoms with Crippen molar-refractivity contribution in [3.8, 4) is 16.3 Å². The molecule has 1 N–H and O–H groups in total. The summed E-state index contributed by atoms with van der Waals surface area (Å²) < 4.78 is 7.12. The number of ether oxygens (including phenoxy) is 1. The summed E-state index contributed by atoms with van der Waals surface area (Å²) >= 11 is 1.69. The highest BCUT2D eigenvalue weighted by Gasteiger charge is 2.15. The average molecular weight is 438 g/mol. The Morgan fingerprint density at radius 2 is 1.97 bits per heavy atom. The number of para-hydroxylation sites is 1. The quantitative estimate of drug-likeness (QED) is 0.533. The number of hydrogen-bond acceptors (Lipinski definition) is 5. The van der Waals surface area contributed by atoms with E-state index in [1.807, 2.05) is 44.4 Å². The molecule has 164 valence electrons. The minimum absolute atomic E-state index is 0.0448. The van der Waals surface area contributed by atoms with Gasteiger partial charge in [0, 0.05) is 24.2 Å². The van der Waals surface area contributed by atoms with E-state index in [0.29, 0.717) is 5.92 Å². The van der Waals surface area contributed by atoms with Crippen LogP contribution in [0.25, 0.3) is 20.8 Å². The molecule has 1 aromatic heterocycles. The molecule has 0 atom stereocenters. The van der Waals surface area contributed by atoms with Crippen molar-refractivity contribution in [3.05, 3.63) is 48.0 Å². The summed E-state index contributed by atoms with van der Waals surface area (Å²) in [5, 5.41) is 4.05. The molecule has 0 radical (unpaired) electrons. The third-order valence-corrected chi connectivity index (χ3v) is 6.84. The van der Waals surface area contributed by atoms with Gasteiger partial charge in [0.2, 0.25) is 0 Å². The van der Waals surface area contributed by atoms with Gasteiger partial charge in [0.25, 0.3) is 5.91 Å². The smallest absolute Gasteiger partial charge is 0.257 e. The Bertz CT molecular complexity index is 992. The second-order valence-electron chi connectivity index (χ2n) is 8.64. The van der Waals surface area contributed by atoms with Gasteiger partial charge in [0.15, 0.2) is 6.61 Å². The Balaban J connectivity index is 1.43. The summed E-state index contributed by atoms with van der Waals surface area (Å²) in [5.41, 5.74) is 3.15. The molecule has 0 saturated heterocycles. The number of aromatic nitrogens is 1. The second kappa shape index (κ2) is 10.2. The van der Waals surface area contributed by atoms with Crippen LogP contribution in [-0.2, 0) is 11.3 Å². The van der Waals surface area contributed by atoms with E-state index in [1.165, 1.54) is 36.8 Å². The molecule has 6 heteroatoms. The van der Waals surface area contributed by atoms with E-state index in [1.54, 1.807) is 11.3 Å². The first kappa shape index (κ1) is 21.8. The van der Waals surface area contributed by atoms with Crippen LogP contribution < -0.4 is 10.1 Å². The third-order valence-electron chi connectivity index (χ3n) is 5.76. The summed E-state index contributed by atoms with van der Waals surface area (Å²) in [6.45, 7) is 1.55. The Kier molecular flexibility index (Phi) is 7.20. The normalized spacial score (nSPS) is 14.8. The van der Waals surface area contributed by atoms with Crippen LogP contribution in [0.5, 0.6) is 5.75 Å². The average Bonchev–Trinajstić information content (AvgIpc) is 3.21. The van der Waals surface area contributed by atoms with Gasteiger partial charge < -0.3 is 15.0 Å². The number of hydrogen-bond donors (Lipinski definition) is 1. The lowest BCUT2D eigenvalue weighted by molar-refractivity contribution is -0.123. The first-order chi connectivity index (χ1) is 15.1. The maximum absolute atomic E-state index is 12.3. The minimum atomic E-state index is -0.0448. The van der Waals surface area contributed by atoms with Crippen LogP contribution in [0.15, 0.2) is 42.5 Å². The van der Waals surface area contributed by atoms with Gasteiger partial charge in [-0.2, -0.15) is 0 Å². The SMILES string of the molecule is CN(C)Cc1cc(-c2nc3ccccc3s2)ccc1OCC(=O)NCC1CCCCC1. The molecule has 31 heavy (non-hydrogen) atoms. The molecule has 0 aliphatic heterocycles. The van der Waals surface area contributed by atoms with Gasteiger partial charge in [0.1, 0.15) is 10.8 Å². The predicted octanol–water partition coefficient (Wildman–Crippen LogP) is 5.10. The molecule has 3 aromatic rings.